The third-order valence-electron chi connectivity index (χ3n) is 7.74. The number of anilines is 1. The molecule has 0 radical (unpaired) electrons. The molecule has 12 heteroatoms. The molecule has 5 rings (SSSR count). The van der Waals surface area contributed by atoms with Crippen molar-refractivity contribution in [3.63, 3.8) is 0 Å². The van der Waals surface area contributed by atoms with Gasteiger partial charge < -0.3 is 24.6 Å². The number of pyridine rings is 1. The Morgan fingerprint density at radius 3 is 2.59 bits per heavy atom. The predicted molar refractivity (Wildman–Crippen MR) is 172 cm³/mol. The molecule has 3 heterocycles. The van der Waals surface area contributed by atoms with Gasteiger partial charge in [0.15, 0.2) is 0 Å². The van der Waals surface area contributed by atoms with Crippen LogP contribution in [0.4, 0.5) is 5.69 Å². The zero-order valence-electron chi connectivity index (χ0n) is 24.9. The van der Waals surface area contributed by atoms with Gasteiger partial charge in [0.05, 0.1) is 35.6 Å². The highest BCUT2D eigenvalue weighted by Gasteiger charge is 2.21. The van der Waals surface area contributed by atoms with Crippen LogP contribution in [0.15, 0.2) is 54.7 Å². The summed E-state index contributed by atoms with van der Waals surface area (Å²) in [7, 11) is 3.22. The Morgan fingerprint density at radius 2 is 1.84 bits per heavy atom. The summed E-state index contributed by atoms with van der Waals surface area (Å²) in [5.74, 6) is 0.406. The Morgan fingerprint density at radius 1 is 1.02 bits per heavy atom. The molecule has 2 aromatic heterocycles. The molecule has 1 N–H and O–H groups in total. The Labute approximate surface area is 266 Å². The number of amides is 1. The molecule has 2 aromatic carbocycles. The molecule has 0 saturated carbocycles. The van der Waals surface area contributed by atoms with Gasteiger partial charge in [0.25, 0.3) is 6.01 Å². The van der Waals surface area contributed by atoms with Crippen LogP contribution in [-0.4, -0.2) is 78.0 Å². The molecule has 1 amide bonds. The van der Waals surface area contributed by atoms with Crippen molar-refractivity contribution in [2.24, 2.45) is 0 Å². The molecule has 1 fully saturated rings. The van der Waals surface area contributed by atoms with Gasteiger partial charge in [0, 0.05) is 75.8 Å². The van der Waals surface area contributed by atoms with Gasteiger partial charge in [-0.05, 0) is 36.4 Å². The van der Waals surface area contributed by atoms with Crippen molar-refractivity contribution in [1.29, 1.82) is 0 Å². The number of benzene rings is 2. The number of methoxy groups -OCH3 is 1. The molecule has 10 nitrogen and oxygen atoms in total. The van der Waals surface area contributed by atoms with Crippen molar-refractivity contribution in [2.45, 2.75) is 32.4 Å². The average molecular weight is 640 g/mol. The summed E-state index contributed by atoms with van der Waals surface area (Å²) in [6.07, 6.45) is 2.49. The Hall–Kier alpha value is -3.70. The maximum atomic E-state index is 13.0. The monoisotopic (exact) mass is 638 g/mol. The fraction of sp³-hybridized carbons (Fsp3) is 0.375. The number of imidazole rings is 1. The van der Waals surface area contributed by atoms with E-state index in [2.05, 4.69) is 20.2 Å². The van der Waals surface area contributed by atoms with Gasteiger partial charge in [-0.15, -0.1) is 0 Å². The molecule has 0 aliphatic carbocycles. The predicted octanol–water partition coefficient (Wildman–Crippen LogP) is 4.98. The number of rotatable bonds is 13. The molecule has 0 atom stereocenters. The second-order valence-electron chi connectivity index (χ2n) is 10.6. The third-order valence-corrected chi connectivity index (χ3v) is 8.52. The van der Waals surface area contributed by atoms with Crippen LogP contribution < -0.4 is 19.7 Å². The van der Waals surface area contributed by atoms with Crippen LogP contribution >= 0.6 is 23.2 Å². The van der Waals surface area contributed by atoms with Crippen LogP contribution in [0.25, 0.3) is 11.0 Å². The smallest absolute Gasteiger partial charge is 0.297 e. The number of para-hydroxylation sites is 1. The SMILES string of the molecule is COc1nc2c(OCc3c(Cl)ccc(N(C)C(=O)CCC(=O)CCN4CCNCC4)c3Cl)cccc2n1Cc1ccccn1. The second kappa shape index (κ2) is 14.9. The lowest BCUT2D eigenvalue weighted by Crippen LogP contribution is -2.44. The van der Waals surface area contributed by atoms with E-state index in [1.165, 1.54) is 4.90 Å². The minimum atomic E-state index is -0.202. The Bertz CT molecular complexity index is 1610. The van der Waals surface area contributed by atoms with Gasteiger partial charge in [-0.1, -0.05) is 35.3 Å². The number of carbonyl (C=O) groups excluding carboxylic acids is 2. The Balaban J connectivity index is 1.25. The highest BCUT2D eigenvalue weighted by molar-refractivity contribution is 6.38. The van der Waals surface area contributed by atoms with Crippen molar-refractivity contribution < 1.29 is 19.1 Å². The van der Waals surface area contributed by atoms with Crippen molar-refractivity contribution in [3.05, 3.63) is 76.0 Å². The summed E-state index contributed by atoms with van der Waals surface area (Å²) in [6, 6.07) is 15.2. The molecule has 0 spiro atoms. The number of hydrogen-bond donors (Lipinski definition) is 1. The van der Waals surface area contributed by atoms with Gasteiger partial charge in [-0.2, -0.15) is 4.98 Å². The largest absolute Gasteiger partial charge is 0.486 e. The molecule has 44 heavy (non-hydrogen) atoms. The lowest BCUT2D eigenvalue weighted by atomic mass is 10.1. The molecular weight excluding hydrogens is 603 g/mol. The number of hydrogen-bond acceptors (Lipinski definition) is 8. The summed E-state index contributed by atoms with van der Waals surface area (Å²) in [4.78, 5) is 38.3. The fourth-order valence-corrected chi connectivity index (χ4v) is 5.80. The van der Waals surface area contributed by atoms with E-state index in [-0.39, 0.29) is 31.1 Å². The number of nitrogens with zero attached hydrogens (tertiary/aromatic N) is 5. The third kappa shape index (κ3) is 7.50. The minimum absolute atomic E-state index is 0.0482. The highest BCUT2D eigenvalue weighted by Crippen LogP contribution is 2.36. The number of fused-ring (bicyclic) bond motifs is 1. The average Bonchev–Trinajstić information content (AvgIpc) is 3.41. The summed E-state index contributed by atoms with van der Waals surface area (Å²) in [6.45, 7) is 5.01. The van der Waals surface area contributed by atoms with E-state index in [9.17, 15) is 9.59 Å². The maximum absolute atomic E-state index is 13.0. The fourth-order valence-electron chi connectivity index (χ4n) is 5.20. The number of Topliss-reactive ketones (excluding diaryl/α,β-unsaturated/α-hetero) is 1. The number of ether oxygens (including phenoxy) is 2. The van der Waals surface area contributed by atoms with E-state index in [0.29, 0.717) is 51.5 Å². The molecule has 232 valence electrons. The van der Waals surface area contributed by atoms with Crippen LogP contribution in [0.2, 0.25) is 10.0 Å². The first-order valence-electron chi connectivity index (χ1n) is 14.6. The van der Waals surface area contributed by atoms with E-state index in [1.54, 1.807) is 32.5 Å². The second-order valence-corrected chi connectivity index (χ2v) is 11.4. The van der Waals surface area contributed by atoms with E-state index in [1.807, 2.05) is 41.0 Å². The lowest BCUT2D eigenvalue weighted by Gasteiger charge is -2.26. The van der Waals surface area contributed by atoms with Crippen LogP contribution in [0.3, 0.4) is 0 Å². The molecule has 0 unspecified atom stereocenters. The number of ketones is 1. The summed E-state index contributed by atoms with van der Waals surface area (Å²) < 4.78 is 13.7. The molecule has 1 saturated heterocycles. The van der Waals surface area contributed by atoms with E-state index in [0.717, 1.165) is 43.9 Å². The number of nitrogens with one attached hydrogen (secondary N) is 1. The van der Waals surface area contributed by atoms with Gasteiger partial charge in [0.2, 0.25) is 5.91 Å². The van der Waals surface area contributed by atoms with Crippen molar-refractivity contribution >= 4 is 51.6 Å². The lowest BCUT2D eigenvalue weighted by molar-refractivity contribution is -0.124. The maximum Gasteiger partial charge on any atom is 0.297 e. The van der Waals surface area contributed by atoms with Gasteiger partial charge >= 0.3 is 0 Å². The summed E-state index contributed by atoms with van der Waals surface area (Å²) in [5.41, 5.74) is 3.34. The normalized spacial score (nSPS) is 13.6. The van der Waals surface area contributed by atoms with Crippen LogP contribution in [-0.2, 0) is 22.7 Å². The number of piperazine rings is 1. The first kappa shape index (κ1) is 31.7. The van der Waals surface area contributed by atoms with E-state index in [4.69, 9.17) is 32.7 Å². The molecule has 0 bridgehead atoms. The van der Waals surface area contributed by atoms with Crippen molar-refractivity contribution in [2.75, 3.05) is 51.8 Å². The van der Waals surface area contributed by atoms with Gasteiger partial charge in [-0.3, -0.25) is 19.1 Å². The van der Waals surface area contributed by atoms with Crippen LogP contribution in [0.5, 0.6) is 11.8 Å². The molecule has 1 aliphatic heterocycles. The van der Waals surface area contributed by atoms with Crippen LogP contribution in [0.1, 0.15) is 30.5 Å². The zero-order valence-corrected chi connectivity index (χ0v) is 26.4. The van der Waals surface area contributed by atoms with Gasteiger partial charge in [-0.25, -0.2) is 0 Å². The number of halogens is 2. The standard InChI is InChI=1S/C32H36Cl2N6O4/c1-38(29(42)12-9-23(41)13-17-39-18-15-35-16-19-39)26-11-10-25(33)24(30(26)34)21-44-28-8-5-7-27-31(28)37-32(43-2)40(27)20-22-6-3-4-14-36-22/h3-8,10-11,14,35H,9,12-13,15-21H2,1-2H3. The summed E-state index contributed by atoms with van der Waals surface area (Å²) in [5, 5.41) is 4.02. The quantitative estimate of drug-likeness (QED) is 0.219. The number of aromatic nitrogens is 3. The molecular formula is C32H36Cl2N6O4. The zero-order chi connectivity index (χ0) is 31.1. The van der Waals surface area contributed by atoms with Gasteiger partial charge in [0.1, 0.15) is 23.7 Å². The van der Waals surface area contributed by atoms with E-state index >= 15 is 0 Å². The first-order chi connectivity index (χ1) is 21.4. The van der Waals surface area contributed by atoms with Crippen molar-refractivity contribution in [1.82, 2.24) is 24.8 Å². The van der Waals surface area contributed by atoms with Crippen LogP contribution in [0, 0.1) is 0 Å². The molecule has 4 aromatic rings. The topological polar surface area (TPSA) is 102 Å². The molecule has 1 aliphatic rings. The Kier molecular flexibility index (Phi) is 10.7. The minimum Gasteiger partial charge on any atom is -0.486 e. The first-order valence-corrected chi connectivity index (χ1v) is 15.4. The van der Waals surface area contributed by atoms with E-state index < -0.39 is 0 Å². The summed E-state index contributed by atoms with van der Waals surface area (Å²) >= 11 is 13.3. The highest BCUT2D eigenvalue weighted by atomic mass is 35.5. The van der Waals surface area contributed by atoms with Crippen molar-refractivity contribution in [3.8, 4) is 11.8 Å². The number of carbonyl (C=O) groups is 2.